The third-order valence-corrected chi connectivity index (χ3v) is 2.28. The van der Waals surface area contributed by atoms with E-state index in [4.69, 9.17) is 15.9 Å². The molecule has 1 heterocycles. The first kappa shape index (κ1) is 11.5. The number of nitrogens with two attached hydrogens (primary N) is 1. The number of pyridine rings is 1. The predicted octanol–water partition coefficient (Wildman–Crippen LogP) is 1.93. The summed E-state index contributed by atoms with van der Waals surface area (Å²) in [5.74, 6) is 0.579. The van der Waals surface area contributed by atoms with Crippen LogP contribution in [0, 0.1) is 5.41 Å². The monoisotopic (exact) mass is 207 g/mol. The highest BCUT2D eigenvalue weighted by Crippen LogP contribution is 2.18. The lowest BCUT2D eigenvalue weighted by Crippen LogP contribution is -2.27. The summed E-state index contributed by atoms with van der Waals surface area (Å²) in [6.07, 6.45) is 2.45. The van der Waals surface area contributed by atoms with Crippen molar-refractivity contribution in [2.45, 2.75) is 32.8 Å². The Balaban J connectivity index is 2.77. The van der Waals surface area contributed by atoms with Crippen LogP contribution in [0.25, 0.3) is 0 Å². The van der Waals surface area contributed by atoms with Crippen molar-refractivity contribution < 1.29 is 4.74 Å². The van der Waals surface area contributed by atoms with Crippen molar-refractivity contribution in [1.29, 1.82) is 5.41 Å². The topological polar surface area (TPSA) is 72.0 Å². The van der Waals surface area contributed by atoms with Gasteiger partial charge in [0.1, 0.15) is 11.4 Å². The molecular weight excluding hydrogens is 190 g/mol. The second-order valence-corrected chi connectivity index (χ2v) is 4.01. The molecule has 15 heavy (non-hydrogen) atoms. The van der Waals surface area contributed by atoms with Gasteiger partial charge in [-0.05, 0) is 26.3 Å². The van der Waals surface area contributed by atoms with Crippen LogP contribution in [0.2, 0.25) is 0 Å². The van der Waals surface area contributed by atoms with Crippen molar-refractivity contribution in [1.82, 2.24) is 4.98 Å². The van der Waals surface area contributed by atoms with Crippen molar-refractivity contribution in [3.05, 3.63) is 23.9 Å². The molecule has 0 saturated heterocycles. The van der Waals surface area contributed by atoms with Crippen LogP contribution in [-0.2, 0) is 0 Å². The van der Waals surface area contributed by atoms with Crippen molar-refractivity contribution in [3.63, 3.8) is 0 Å². The maximum Gasteiger partial charge on any atom is 0.213 e. The zero-order chi connectivity index (χ0) is 11.5. The molecule has 0 radical (unpaired) electrons. The molecule has 0 saturated carbocycles. The molecule has 0 amide bonds. The Bertz CT molecular complexity index is 343. The molecule has 0 aliphatic heterocycles. The lowest BCUT2D eigenvalue weighted by Gasteiger charge is -2.23. The summed E-state index contributed by atoms with van der Waals surface area (Å²) in [5, 5.41) is 7.22. The quantitative estimate of drug-likeness (QED) is 0.585. The predicted molar refractivity (Wildman–Crippen MR) is 60.3 cm³/mol. The van der Waals surface area contributed by atoms with Crippen molar-refractivity contribution in [2.24, 2.45) is 5.73 Å². The van der Waals surface area contributed by atoms with Gasteiger partial charge in [0.05, 0.1) is 0 Å². The van der Waals surface area contributed by atoms with Crippen molar-refractivity contribution in [3.8, 4) is 5.88 Å². The molecule has 1 aromatic heterocycles. The highest BCUT2D eigenvalue weighted by molar-refractivity contribution is 5.94. The second-order valence-electron chi connectivity index (χ2n) is 4.01. The minimum Gasteiger partial charge on any atom is -0.472 e. The molecular formula is C11H17N3O. The molecule has 0 aromatic carbocycles. The van der Waals surface area contributed by atoms with Gasteiger partial charge < -0.3 is 10.5 Å². The summed E-state index contributed by atoms with van der Waals surface area (Å²) >= 11 is 0. The fourth-order valence-electron chi connectivity index (χ4n) is 0.955. The molecule has 3 N–H and O–H groups in total. The van der Waals surface area contributed by atoms with E-state index in [1.165, 1.54) is 0 Å². The number of nitrogens with zero attached hydrogens (tertiary/aromatic N) is 1. The average Bonchev–Trinajstić information content (AvgIpc) is 2.18. The molecule has 0 aliphatic rings. The third kappa shape index (κ3) is 3.23. The number of hydrogen-bond acceptors (Lipinski definition) is 3. The van der Waals surface area contributed by atoms with Crippen LogP contribution in [-0.4, -0.2) is 16.4 Å². The van der Waals surface area contributed by atoms with E-state index in [9.17, 15) is 0 Å². The molecule has 0 bridgehead atoms. The number of nitrogen functional groups attached to an aromatic ring is 1. The minimum absolute atomic E-state index is 0.0174. The Morgan fingerprint density at radius 2 is 2.20 bits per heavy atom. The normalized spacial score (nSPS) is 11.1. The van der Waals surface area contributed by atoms with Crippen LogP contribution < -0.4 is 10.5 Å². The van der Waals surface area contributed by atoms with Gasteiger partial charge >= 0.3 is 0 Å². The van der Waals surface area contributed by atoms with Crippen LogP contribution in [0.15, 0.2) is 18.3 Å². The van der Waals surface area contributed by atoms with Crippen LogP contribution in [0.4, 0.5) is 0 Å². The Morgan fingerprint density at radius 1 is 1.53 bits per heavy atom. The fourth-order valence-corrected chi connectivity index (χ4v) is 0.955. The van der Waals surface area contributed by atoms with Gasteiger partial charge in [-0.2, -0.15) is 0 Å². The number of rotatable bonds is 4. The molecule has 1 aromatic rings. The lowest BCUT2D eigenvalue weighted by molar-refractivity contribution is 0.0990. The minimum atomic E-state index is -0.218. The standard InChI is InChI=1S/C11H17N3O/c1-4-11(2,3)15-9-6-5-8(7-14-9)10(12)13/h5-7H,4H2,1-3H3,(H3,12,13). The highest BCUT2D eigenvalue weighted by atomic mass is 16.5. The van der Waals surface area contributed by atoms with Gasteiger partial charge in [-0.15, -0.1) is 0 Å². The summed E-state index contributed by atoms with van der Waals surface area (Å²) in [5.41, 5.74) is 5.71. The zero-order valence-corrected chi connectivity index (χ0v) is 9.37. The summed E-state index contributed by atoms with van der Waals surface area (Å²) in [4.78, 5) is 4.09. The Kier molecular flexibility index (Phi) is 3.29. The van der Waals surface area contributed by atoms with Crippen LogP contribution in [0.5, 0.6) is 5.88 Å². The molecule has 1 rings (SSSR count). The Labute approximate surface area is 90.0 Å². The molecule has 0 fully saturated rings. The second kappa shape index (κ2) is 4.29. The van der Waals surface area contributed by atoms with Gasteiger partial charge in [-0.1, -0.05) is 6.92 Å². The number of hydrogen-bond donors (Lipinski definition) is 2. The SMILES string of the molecule is CCC(C)(C)Oc1ccc(C(=N)N)cn1. The fraction of sp³-hybridized carbons (Fsp3) is 0.455. The molecule has 4 nitrogen and oxygen atoms in total. The molecule has 0 spiro atoms. The number of nitrogens with one attached hydrogen (secondary N) is 1. The van der Waals surface area contributed by atoms with E-state index in [1.54, 1.807) is 18.3 Å². The number of amidine groups is 1. The molecule has 0 unspecified atom stereocenters. The first-order chi connectivity index (χ1) is 6.94. The van der Waals surface area contributed by atoms with E-state index in [1.807, 2.05) is 13.8 Å². The molecule has 0 atom stereocenters. The van der Waals surface area contributed by atoms with E-state index in [2.05, 4.69) is 11.9 Å². The average molecular weight is 207 g/mol. The summed E-state index contributed by atoms with van der Waals surface area (Å²) in [7, 11) is 0. The van der Waals surface area contributed by atoms with Crippen molar-refractivity contribution >= 4 is 5.84 Å². The van der Waals surface area contributed by atoms with Gasteiger partial charge in [0, 0.05) is 17.8 Å². The van der Waals surface area contributed by atoms with E-state index in [0.29, 0.717) is 11.4 Å². The largest absolute Gasteiger partial charge is 0.472 e. The number of aromatic nitrogens is 1. The first-order valence-corrected chi connectivity index (χ1v) is 4.94. The van der Waals surface area contributed by atoms with E-state index < -0.39 is 0 Å². The van der Waals surface area contributed by atoms with Crippen LogP contribution in [0.3, 0.4) is 0 Å². The lowest BCUT2D eigenvalue weighted by atomic mass is 10.1. The van der Waals surface area contributed by atoms with Crippen LogP contribution in [0.1, 0.15) is 32.8 Å². The van der Waals surface area contributed by atoms with E-state index in [-0.39, 0.29) is 11.4 Å². The Morgan fingerprint density at radius 3 is 2.60 bits per heavy atom. The zero-order valence-electron chi connectivity index (χ0n) is 9.37. The maximum absolute atomic E-state index is 7.22. The molecule has 82 valence electrons. The number of ether oxygens (including phenoxy) is 1. The Hall–Kier alpha value is -1.58. The summed E-state index contributed by atoms with van der Waals surface area (Å²) in [6, 6.07) is 3.46. The maximum atomic E-state index is 7.22. The third-order valence-electron chi connectivity index (χ3n) is 2.28. The summed E-state index contributed by atoms with van der Waals surface area (Å²) < 4.78 is 5.66. The van der Waals surface area contributed by atoms with Crippen LogP contribution >= 0.6 is 0 Å². The molecule has 0 aliphatic carbocycles. The first-order valence-electron chi connectivity index (χ1n) is 4.94. The van der Waals surface area contributed by atoms with E-state index >= 15 is 0 Å². The van der Waals surface area contributed by atoms with Gasteiger partial charge in [-0.25, -0.2) is 4.98 Å². The van der Waals surface area contributed by atoms with Gasteiger partial charge in [0.15, 0.2) is 0 Å². The van der Waals surface area contributed by atoms with Gasteiger partial charge in [0.25, 0.3) is 0 Å². The van der Waals surface area contributed by atoms with Crippen molar-refractivity contribution in [2.75, 3.05) is 0 Å². The van der Waals surface area contributed by atoms with E-state index in [0.717, 1.165) is 6.42 Å². The molecule has 4 heteroatoms. The highest BCUT2D eigenvalue weighted by Gasteiger charge is 2.17. The van der Waals surface area contributed by atoms with Gasteiger partial charge in [-0.3, -0.25) is 5.41 Å². The van der Waals surface area contributed by atoms with Gasteiger partial charge in [0.2, 0.25) is 5.88 Å². The smallest absolute Gasteiger partial charge is 0.213 e. The summed E-state index contributed by atoms with van der Waals surface area (Å²) in [6.45, 7) is 6.07.